The van der Waals surface area contributed by atoms with Gasteiger partial charge in [0.2, 0.25) is 0 Å². The molecule has 2 aromatic rings. The Balaban J connectivity index is 1.94. The molecule has 2 heteroatoms. The molecule has 0 aliphatic rings. The van der Waals surface area contributed by atoms with E-state index < -0.39 is 0 Å². The van der Waals surface area contributed by atoms with Gasteiger partial charge in [-0.1, -0.05) is 42.0 Å². The van der Waals surface area contributed by atoms with Crippen LogP contribution in [0, 0.1) is 18.3 Å². The number of hydrogen-bond acceptors (Lipinski definition) is 2. The van der Waals surface area contributed by atoms with Crippen LogP contribution in [0.25, 0.3) is 0 Å². The fourth-order valence-corrected chi connectivity index (χ4v) is 1.74. The van der Waals surface area contributed by atoms with Crippen LogP contribution in [-0.4, -0.2) is 0 Å². The first kappa shape index (κ1) is 12.2. The van der Waals surface area contributed by atoms with E-state index in [2.05, 4.69) is 42.6 Å². The average Bonchev–Trinajstić information content (AvgIpc) is 2.40. The molecule has 0 aliphatic heterocycles. The van der Waals surface area contributed by atoms with Gasteiger partial charge in [0.1, 0.15) is 0 Å². The van der Waals surface area contributed by atoms with Crippen molar-refractivity contribution in [2.45, 2.75) is 19.9 Å². The predicted octanol–water partition coefficient (Wildman–Crippen LogP) is 3.67. The first-order valence-electron chi connectivity index (χ1n) is 6.03. The van der Waals surface area contributed by atoms with Gasteiger partial charge >= 0.3 is 0 Å². The van der Waals surface area contributed by atoms with Crippen molar-refractivity contribution >= 4 is 5.69 Å². The molecule has 2 rings (SSSR count). The molecule has 2 aromatic carbocycles. The summed E-state index contributed by atoms with van der Waals surface area (Å²) in [6, 6.07) is 18.6. The van der Waals surface area contributed by atoms with Gasteiger partial charge in [-0.05, 0) is 30.2 Å². The van der Waals surface area contributed by atoms with Crippen LogP contribution in [0.15, 0.2) is 48.5 Å². The van der Waals surface area contributed by atoms with Gasteiger partial charge in [-0.2, -0.15) is 5.26 Å². The molecule has 0 aliphatic carbocycles. The third-order valence-electron chi connectivity index (χ3n) is 2.85. The van der Waals surface area contributed by atoms with E-state index in [0.29, 0.717) is 6.42 Å². The molecule has 0 fully saturated rings. The topological polar surface area (TPSA) is 35.8 Å². The van der Waals surface area contributed by atoms with E-state index in [1.807, 2.05) is 24.3 Å². The molecule has 0 saturated heterocycles. The number of rotatable bonds is 4. The number of hydrogen-bond donors (Lipinski definition) is 1. The molecule has 0 aromatic heterocycles. The van der Waals surface area contributed by atoms with E-state index in [9.17, 15) is 0 Å². The van der Waals surface area contributed by atoms with Crippen LogP contribution in [0.1, 0.15) is 16.7 Å². The Hall–Kier alpha value is -2.27. The molecule has 90 valence electrons. The Morgan fingerprint density at radius 2 is 1.56 bits per heavy atom. The number of aryl methyl sites for hydroxylation is 1. The number of benzene rings is 2. The van der Waals surface area contributed by atoms with Crippen molar-refractivity contribution in [3.63, 3.8) is 0 Å². The van der Waals surface area contributed by atoms with Crippen molar-refractivity contribution in [1.29, 1.82) is 5.26 Å². The van der Waals surface area contributed by atoms with E-state index in [4.69, 9.17) is 5.26 Å². The van der Waals surface area contributed by atoms with Gasteiger partial charge in [0, 0.05) is 12.2 Å². The molecule has 0 amide bonds. The maximum Gasteiger partial charge on any atom is 0.0669 e. The summed E-state index contributed by atoms with van der Waals surface area (Å²) in [5.74, 6) is 0. The molecule has 0 unspecified atom stereocenters. The van der Waals surface area contributed by atoms with Gasteiger partial charge in [0.15, 0.2) is 0 Å². The van der Waals surface area contributed by atoms with Crippen molar-refractivity contribution in [3.8, 4) is 6.07 Å². The molecule has 2 nitrogen and oxygen atoms in total. The summed E-state index contributed by atoms with van der Waals surface area (Å²) in [5, 5.41) is 12.0. The molecule has 0 radical (unpaired) electrons. The molecule has 18 heavy (non-hydrogen) atoms. The number of nitrogens with zero attached hydrogens (tertiary/aromatic N) is 1. The Kier molecular flexibility index (Phi) is 3.98. The third-order valence-corrected chi connectivity index (χ3v) is 2.85. The Labute approximate surface area is 108 Å². The Bertz CT molecular complexity index is 533. The second-order valence-corrected chi connectivity index (χ2v) is 4.37. The van der Waals surface area contributed by atoms with Crippen molar-refractivity contribution < 1.29 is 0 Å². The second kappa shape index (κ2) is 5.88. The number of anilines is 1. The molecule has 0 bridgehead atoms. The first-order valence-corrected chi connectivity index (χ1v) is 6.03. The molecule has 0 spiro atoms. The Morgan fingerprint density at radius 1 is 0.944 bits per heavy atom. The maximum absolute atomic E-state index is 8.60. The SMILES string of the molecule is Cc1ccc(CNc2ccc(CC#N)cc2)cc1. The van der Waals surface area contributed by atoms with E-state index in [-0.39, 0.29) is 0 Å². The summed E-state index contributed by atoms with van der Waals surface area (Å²) in [5.41, 5.74) is 4.68. The smallest absolute Gasteiger partial charge is 0.0669 e. The monoisotopic (exact) mass is 236 g/mol. The Morgan fingerprint density at radius 3 is 2.17 bits per heavy atom. The molecule has 0 heterocycles. The van der Waals surface area contributed by atoms with Crippen molar-refractivity contribution in [2.24, 2.45) is 0 Å². The van der Waals surface area contributed by atoms with E-state index in [0.717, 1.165) is 17.8 Å². The predicted molar refractivity (Wildman–Crippen MR) is 74.3 cm³/mol. The summed E-state index contributed by atoms with van der Waals surface area (Å²) in [7, 11) is 0. The second-order valence-electron chi connectivity index (χ2n) is 4.37. The highest BCUT2D eigenvalue weighted by Gasteiger charge is 1.95. The van der Waals surface area contributed by atoms with Crippen LogP contribution < -0.4 is 5.32 Å². The third kappa shape index (κ3) is 3.36. The quantitative estimate of drug-likeness (QED) is 0.879. The number of nitriles is 1. The van der Waals surface area contributed by atoms with Gasteiger partial charge in [-0.25, -0.2) is 0 Å². The summed E-state index contributed by atoms with van der Waals surface area (Å²) < 4.78 is 0. The highest BCUT2D eigenvalue weighted by Crippen LogP contribution is 2.12. The van der Waals surface area contributed by atoms with Gasteiger partial charge in [0.05, 0.1) is 12.5 Å². The lowest BCUT2D eigenvalue weighted by Gasteiger charge is -2.07. The largest absolute Gasteiger partial charge is 0.381 e. The standard InChI is InChI=1S/C16H16N2/c1-13-2-4-15(5-3-13)12-18-16-8-6-14(7-9-16)10-11-17/h2-9,18H,10,12H2,1H3. The summed E-state index contributed by atoms with van der Waals surface area (Å²) >= 11 is 0. The summed E-state index contributed by atoms with van der Waals surface area (Å²) in [6.45, 7) is 2.91. The van der Waals surface area contributed by atoms with Crippen LogP contribution in [0.5, 0.6) is 0 Å². The lowest BCUT2D eigenvalue weighted by Crippen LogP contribution is -1.99. The lowest BCUT2D eigenvalue weighted by atomic mass is 10.1. The molecular formula is C16H16N2. The zero-order valence-corrected chi connectivity index (χ0v) is 10.5. The molecular weight excluding hydrogens is 220 g/mol. The zero-order valence-electron chi connectivity index (χ0n) is 10.5. The highest BCUT2D eigenvalue weighted by atomic mass is 14.9. The van der Waals surface area contributed by atoms with Crippen LogP contribution >= 0.6 is 0 Å². The fourth-order valence-electron chi connectivity index (χ4n) is 1.74. The number of nitrogens with one attached hydrogen (secondary N) is 1. The van der Waals surface area contributed by atoms with Crippen molar-refractivity contribution in [2.75, 3.05) is 5.32 Å². The lowest BCUT2D eigenvalue weighted by molar-refractivity contribution is 1.14. The fraction of sp³-hybridized carbons (Fsp3) is 0.188. The summed E-state index contributed by atoms with van der Waals surface area (Å²) in [4.78, 5) is 0. The first-order chi connectivity index (χ1) is 8.78. The van der Waals surface area contributed by atoms with Crippen molar-refractivity contribution in [3.05, 3.63) is 65.2 Å². The van der Waals surface area contributed by atoms with Gasteiger partial charge in [0.25, 0.3) is 0 Å². The van der Waals surface area contributed by atoms with Crippen LogP contribution in [-0.2, 0) is 13.0 Å². The van der Waals surface area contributed by atoms with Gasteiger partial charge in [-0.3, -0.25) is 0 Å². The van der Waals surface area contributed by atoms with Crippen LogP contribution in [0.3, 0.4) is 0 Å². The van der Waals surface area contributed by atoms with E-state index in [1.54, 1.807) is 0 Å². The van der Waals surface area contributed by atoms with Crippen molar-refractivity contribution in [1.82, 2.24) is 0 Å². The summed E-state index contributed by atoms with van der Waals surface area (Å²) in [6.07, 6.45) is 0.470. The molecule has 0 atom stereocenters. The average molecular weight is 236 g/mol. The van der Waals surface area contributed by atoms with Crippen LogP contribution in [0.4, 0.5) is 5.69 Å². The maximum atomic E-state index is 8.60. The minimum atomic E-state index is 0.470. The highest BCUT2D eigenvalue weighted by molar-refractivity contribution is 5.45. The van der Waals surface area contributed by atoms with Gasteiger partial charge < -0.3 is 5.32 Å². The minimum Gasteiger partial charge on any atom is -0.381 e. The van der Waals surface area contributed by atoms with E-state index in [1.165, 1.54) is 11.1 Å². The zero-order chi connectivity index (χ0) is 12.8. The van der Waals surface area contributed by atoms with Gasteiger partial charge in [-0.15, -0.1) is 0 Å². The molecule has 0 saturated carbocycles. The van der Waals surface area contributed by atoms with Crippen LogP contribution in [0.2, 0.25) is 0 Å². The molecule has 1 N–H and O–H groups in total. The van der Waals surface area contributed by atoms with E-state index >= 15 is 0 Å². The normalized spacial score (nSPS) is 9.78. The minimum absolute atomic E-state index is 0.470.